The van der Waals surface area contributed by atoms with Crippen LogP contribution < -0.4 is 0 Å². The van der Waals surface area contributed by atoms with Gasteiger partial charge in [0.05, 0.1) is 0 Å². The number of aryl methyl sites for hydroxylation is 1. The Labute approximate surface area is 253 Å². The molecule has 0 unspecified atom stereocenters. The van der Waals surface area contributed by atoms with Crippen molar-refractivity contribution in [2.75, 3.05) is 0 Å². The molecule has 0 atom stereocenters. The van der Waals surface area contributed by atoms with Gasteiger partial charge in [0.25, 0.3) is 0 Å². The summed E-state index contributed by atoms with van der Waals surface area (Å²) in [7, 11) is 0. The molecule has 0 saturated heterocycles. The Bertz CT molecular complexity index is 1860. The SMILES string of the molecule is CCCCCCCCCCCCc1cc2cc3c(cc2s1)sc1c2cc4cc(-c5cccs5)[se]c4cc2sc31. The second-order valence-electron chi connectivity index (χ2n) is 10.9. The van der Waals surface area contributed by atoms with Crippen LogP contribution in [0.4, 0.5) is 0 Å². The normalized spacial score (nSPS) is 12.3. The van der Waals surface area contributed by atoms with E-state index in [0.29, 0.717) is 14.5 Å². The molecule has 0 N–H and O–H groups in total. The zero-order chi connectivity index (χ0) is 26.2. The summed E-state index contributed by atoms with van der Waals surface area (Å²) in [6.45, 7) is 2.30. The molecule has 5 aromatic heterocycles. The summed E-state index contributed by atoms with van der Waals surface area (Å²) in [5.74, 6) is 0. The number of unbranched alkanes of at least 4 members (excludes halogenated alkanes) is 9. The third-order valence-corrected chi connectivity index (χ3v) is 15.2. The second-order valence-corrected chi connectivity index (χ2v) is 17.4. The third kappa shape index (κ3) is 5.44. The van der Waals surface area contributed by atoms with Crippen LogP contribution in [-0.2, 0) is 6.42 Å². The minimum absolute atomic E-state index is 0.418. The van der Waals surface area contributed by atoms with E-state index in [0.717, 1.165) is 0 Å². The third-order valence-electron chi connectivity index (χ3n) is 7.95. The summed E-state index contributed by atoms with van der Waals surface area (Å²) in [5.41, 5.74) is 0. The van der Waals surface area contributed by atoms with Crippen LogP contribution in [0.3, 0.4) is 0 Å². The van der Waals surface area contributed by atoms with Crippen molar-refractivity contribution in [2.45, 2.75) is 77.6 Å². The Morgan fingerprint density at radius 2 is 1.33 bits per heavy atom. The van der Waals surface area contributed by atoms with Gasteiger partial charge in [-0.15, -0.1) is 0 Å². The first-order valence-corrected chi connectivity index (χ1v) is 19.6. The predicted molar refractivity (Wildman–Crippen MR) is 183 cm³/mol. The van der Waals surface area contributed by atoms with Crippen molar-refractivity contribution in [2.24, 2.45) is 0 Å². The van der Waals surface area contributed by atoms with Gasteiger partial charge < -0.3 is 0 Å². The summed E-state index contributed by atoms with van der Waals surface area (Å²) < 4.78 is 10.5. The van der Waals surface area contributed by atoms with Crippen LogP contribution in [0.5, 0.6) is 0 Å². The molecule has 7 rings (SSSR count). The summed E-state index contributed by atoms with van der Waals surface area (Å²) in [4.78, 5) is 3.01. The minimum atomic E-state index is 0.418. The molecule has 0 aliphatic heterocycles. The van der Waals surface area contributed by atoms with Crippen LogP contribution in [0.15, 0.2) is 53.9 Å². The van der Waals surface area contributed by atoms with Crippen LogP contribution in [0, 0.1) is 0 Å². The van der Waals surface area contributed by atoms with Gasteiger partial charge in [-0.2, -0.15) is 0 Å². The fourth-order valence-electron chi connectivity index (χ4n) is 5.83. The Balaban J connectivity index is 1.06. The van der Waals surface area contributed by atoms with E-state index in [2.05, 4.69) is 60.8 Å². The molecule has 5 heterocycles. The van der Waals surface area contributed by atoms with E-state index < -0.39 is 0 Å². The summed E-state index contributed by atoms with van der Waals surface area (Å²) in [5, 5.41) is 8.01. The van der Waals surface area contributed by atoms with Gasteiger partial charge in [-0.05, 0) is 0 Å². The maximum absolute atomic E-state index is 2.50. The fourth-order valence-corrected chi connectivity index (χ4v) is 13.1. The van der Waals surface area contributed by atoms with Crippen LogP contribution in [0.1, 0.15) is 76.0 Å². The monoisotopic (exact) mass is 650 g/mol. The predicted octanol–water partition coefficient (Wildman–Crippen LogP) is 12.9. The van der Waals surface area contributed by atoms with E-state index >= 15 is 0 Å². The van der Waals surface area contributed by atoms with E-state index in [1.54, 1.807) is 9.14 Å². The summed E-state index contributed by atoms with van der Waals surface area (Å²) in [6.07, 6.45) is 15.3. The van der Waals surface area contributed by atoms with Gasteiger partial charge >= 0.3 is 190 Å². The second kappa shape index (κ2) is 11.8. The zero-order valence-corrected chi connectivity index (χ0v) is 27.5. The standard InChI is InChI=1S/C34H34S4Se/c1-2-3-4-5-6-7-8-9-10-11-13-24-16-22-17-25-29(20-28(22)36-24)37-34-26-18-23-19-32(27-14-12-15-35-27)39-31(23)21-30(26)38-33(25)34/h12,14-21H,2-11,13H2,1H3. The molecule has 0 spiro atoms. The molecule has 0 bridgehead atoms. The quantitative estimate of drug-likeness (QED) is 0.0913. The van der Waals surface area contributed by atoms with Gasteiger partial charge in [0.15, 0.2) is 0 Å². The Morgan fingerprint density at radius 1 is 0.641 bits per heavy atom. The fraction of sp³-hybridized carbons (Fsp3) is 0.353. The van der Waals surface area contributed by atoms with Gasteiger partial charge in [0.2, 0.25) is 0 Å². The molecule has 0 amide bonds. The summed E-state index contributed by atoms with van der Waals surface area (Å²) in [6, 6.07) is 19.3. The zero-order valence-electron chi connectivity index (χ0n) is 22.5. The first kappa shape index (κ1) is 26.4. The average Bonchev–Trinajstić information content (AvgIpc) is 3.75. The van der Waals surface area contributed by atoms with Crippen molar-refractivity contribution >= 4 is 109 Å². The van der Waals surface area contributed by atoms with E-state index in [1.807, 2.05) is 45.3 Å². The Kier molecular flexibility index (Phi) is 8.00. The molecule has 0 aliphatic rings. The Morgan fingerprint density at radius 3 is 2.05 bits per heavy atom. The summed E-state index contributed by atoms with van der Waals surface area (Å²) >= 11 is 8.33. The molecule has 0 radical (unpaired) electrons. The first-order valence-electron chi connectivity index (χ1n) is 14.6. The van der Waals surface area contributed by atoms with Crippen molar-refractivity contribution < 1.29 is 0 Å². The molecular weight excluding hydrogens is 616 g/mol. The van der Waals surface area contributed by atoms with Crippen LogP contribution in [-0.4, -0.2) is 14.5 Å². The topological polar surface area (TPSA) is 0 Å². The van der Waals surface area contributed by atoms with Crippen molar-refractivity contribution in [3.8, 4) is 9.31 Å². The van der Waals surface area contributed by atoms with Gasteiger partial charge in [-0.25, -0.2) is 0 Å². The van der Waals surface area contributed by atoms with Gasteiger partial charge in [0.1, 0.15) is 0 Å². The molecule has 0 nitrogen and oxygen atoms in total. The molecule has 39 heavy (non-hydrogen) atoms. The molecule has 5 heteroatoms. The van der Waals surface area contributed by atoms with Gasteiger partial charge in [0, 0.05) is 0 Å². The van der Waals surface area contributed by atoms with Gasteiger partial charge in [-0.1, -0.05) is 64.7 Å². The molecule has 200 valence electrons. The van der Waals surface area contributed by atoms with Crippen molar-refractivity contribution in [3.63, 3.8) is 0 Å². The van der Waals surface area contributed by atoms with E-state index in [1.165, 1.54) is 125 Å². The average molecular weight is 650 g/mol. The molecule has 7 aromatic rings. The number of fused-ring (bicyclic) bond motifs is 7. The van der Waals surface area contributed by atoms with E-state index in [4.69, 9.17) is 0 Å². The first-order chi connectivity index (χ1) is 19.3. The number of thiophene rings is 4. The van der Waals surface area contributed by atoms with Crippen molar-refractivity contribution in [1.82, 2.24) is 0 Å². The maximum atomic E-state index is 2.50. The van der Waals surface area contributed by atoms with Crippen molar-refractivity contribution in [3.05, 3.63) is 58.8 Å². The molecular formula is C34H34S4Se. The number of hydrogen-bond acceptors (Lipinski definition) is 4. The molecule has 0 saturated carbocycles. The van der Waals surface area contributed by atoms with Crippen LogP contribution in [0.2, 0.25) is 0 Å². The van der Waals surface area contributed by atoms with E-state index in [9.17, 15) is 0 Å². The Hall–Kier alpha value is -1.46. The molecule has 0 fully saturated rings. The van der Waals surface area contributed by atoms with Gasteiger partial charge in [-0.3, -0.25) is 0 Å². The van der Waals surface area contributed by atoms with Crippen LogP contribution in [0.25, 0.3) is 58.6 Å². The van der Waals surface area contributed by atoms with Crippen LogP contribution >= 0.6 is 45.3 Å². The molecule has 2 aromatic carbocycles. The number of hydrogen-bond donors (Lipinski definition) is 0. The van der Waals surface area contributed by atoms with E-state index in [-0.39, 0.29) is 0 Å². The number of rotatable bonds is 12. The molecule has 0 aliphatic carbocycles. The van der Waals surface area contributed by atoms with Crippen molar-refractivity contribution in [1.29, 1.82) is 0 Å². The number of benzene rings is 2.